The van der Waals surface area contributed by atoms with Crippen molar-refractivity contribution < 1.29 is 41.3 Å². The fraction of sp³-hybridized carbons (Fsp3) is 0.324. The molecule has 1 aliphatic rings. The standard InChI is InChI=1S/C37H39F3N2O6S/c1-26-7-19-34(20-8-26)49(46,47)41(22-27-11-17-33(18-12-27)48-37(38,39)40)24-36(45)42(32-16-15-31(25-43)35(44)21-32)23-28-9-13-30(14-10-28)29-5-3-2-4-6-29/h7-21,29,43-44H,2-6,22-25H2,1H3. The number of carbonyl (C=O) groups is 1. The lowest BCUT2D eigenvalue weighted by Crippen LogP contribution is -2.42. The van der Waals surface area contributed by atoms with E-state index in [0.717, 1.165) is 40.4 Å². The van der Waals surface area contributed by atoms with E-state index in [4.69, 9.17) is 0 Å². The van der Waals surface area contributed by atoms with E-state index in [1.165, 1.54) is 66.1 Å². The van der Waals surface area contributed by atoms with Crippen molar-refractivity contribution in [1.82, 2.24) is 4.31 Å². The van der Waals surface area contributed by atoms with Gasteiger partial charge in [-0.25, -0.2) is 8.42 Å². The zero-order valence-electron chi connectivity index (χ0n) is 27.1. The van der Waals surface area contributed by atoms with Gasteiger partial charge in [0.05, 0.1) is 24.6 Å². The molecule has 0 aliphatic heterocycles. The molecule has 49 heavy (non-hydrogen) atoms. The lowest BCUT2D eigenvalue weighted by atomic mass is 9.84. The number of aromatic hydroxyl groups is 1. The number of halogens is 3. The number of aryl methyl sites for hydroxylation is 1. The molecule has 8 nitrogen and oxygen atoms in total. The number of aliphatic hydroxyl groups is 1. The molecule has 0 bridgehead atoms. The number of phenols is 1. The molecule has 0 saturated heterocycles. The lowest BCUT2D eigenvalue weighted by molar-refractivity contribution is -0.274. The number of hydrogen-bond donors (Lipinski definition) is 2. The van der Waals surface area contributed by atoms with Crippen LogP contribution in [0.3, 0.4) is 0 Å². The molecule has 260 valence electrons. The van der Waals surface area contributed by atoms with E-state index in [1.54, 1.807) is 25.1 Å². The van der Waals surface area contributed by atoms with E-state index in [9.17, 15) is 36.6 Å². The molecule has 0 atom stereocenters. The Bertz CT molecular complexity index is 1820. The second kappa shape index (κ2) is 15.4. The van der Waals surface area contributed by atoms with Gasteiger partial charge in [0.15, 0.2) is 0 Å². The molecule has 0 spiro atoms. The van der Waals surface area contributed by atoms with E-state index in [-0.39, 0.29) is 35.0 Å². The van der Waals surface area contributed by atoms with Gasteiger partial charge in [-0.2, -0.15) is 4.31 Å². The molecule has 5 rings (SSSR count). The highest BCUT2D eigenvalue weighted by atomic mass is 32.2. The van der Waals surface area contributed by atoms with Crippen LogP contribution in [0, 0.1) is 6.92 Å². The molecule has 12 heteroatoms. The Morgan fingerprint density at radius 2 is 1.47 bits per heavy atom. The van der Waals surface area contributed by atoms with Crippen molar-refractivity contribution in [3.05, 3.63) is 119 Å². The summed E-state index contributed by atoms with van der Waals surface area (Å²) in [7, 11) is -4.28. The van der Waals surface area contributed by atoms with Crippen LogP contribution in [-0.4, -0.2) is 41.8 Å². The third-order valence-corrected chi connectivity index (χ3v) is 10.5. The molecule has 1 fully saturated rings. The van der Waals surface area contributed by atoms with Crippen molar-refractivity contribution in [3.8, 4) is 11.5 Å². The Morgan fingerprint density at radius 3 is 2.06 bits per heavy atom. The van der Waals surface area contributed by atoms with Gasteiger partial charge in [0.25, 0.3) is 0 Å². The number of benzene rings is 4. The predicted octanol–water partition coefficient (Wildman–Crippen LogP) is 7.56. The quantitative estimate of drug-likeness (QED) is 0.158. The van der Waals surface area contributed by atoms with Gasteiger partial charge in [-0.05, 0) is 72.7 Å². The van der Waals surface area contributed by atoms with Gasteiger partial charge in [0.1, 0.15) is 11.5 Å². The molecule has 4 aromatic carbocycles. The van der Waals surface area contributed by atoms with Gasteiger partial charge in [-0.3, -0.25) is 4.79 Å². The van der Waals surface area contributed by atoms with Gasteiger partial charge >= 0.3 is 6.36 Å². The van der Waals surface area contributed by atoms with Crippen molar-refractivity contribution in [2.45, 2.75) is 75.9 Å². The minimum Gasteiger partial charge on any atom is -0.508 e. The van der Waals surface area contributed by atoms with Gasteiger partial charge in [-0.15, -0.1) is 13.2 Å². The Morgan fingerprint density at radius 1 is 0.857 bits per heavy atom. The Hall–Kier alpha value is -4.39. The average Bonchev–Trinajstić information content (AvgIpc) is 3.08. The van der Waals surface area contributed by atoms with Crippen molar-refractivity contribution in [1.29, 1.82) is 0 Å². The lowest BCUT2D eigenvalue weighted by Gasteiger charge is -2.28. The Kier molecular flexibility index (Phi) is 11.3. The summed E-state index contributed by atoms with van der Waals surface area (Å²) < 4.78 is 71.1. The molecular weight excluding hydrogens is 657 g/mol. The number of hydrogen-bond acceptors (Lipinski definition) is 6. The van der Waals surface area contributed by atoms with Gasteiger partial charge in [-0.1, -0.05) is 79.4 Å². The number of carbonyl (C=O) groups excluding carboxylic acids is 1. The molecule has 0 unspecified atom stereocenters. The van der Waals surface area contributed by atoms with Crippen molar-refractivity contribution in [2.75, 3.05) is 11.4 Å². The molecule has 0 aromatic heterocycles. The van der Waals surface area contributed by atoms with Gasteiger partial charge < -0.3 is 19.8 Å². The summed E-state index contributed by atoms with van der Waals surface area (Å²) in [6, 6.07) is 23.3. The third-order valence-electron chi connectivity index (χ3n) is 8.74. The normalized spacial score (nSPS) is 14.2. The van der Waals surface area contributed by atoms with Crippen molar-refractivity contribution >= 4 is 21.6 Å². The Labute approximate surface area is 284 Å². The number of amides is 1. The molecule has 0 radical (unpaired) electrons. The summed E-state index contributed by atoms with van der Waals surface area (Å²) in [5, 5.41) is 20.1. The molecule has 4 aromatic rings. The number of alkyl halides is 3. The van der Waals surface area contributed by atoms with Crippen LogP contribution in [-0.2, 0) is 34.5 Å². The van der Waals surface area contributed by atoms with Crippen LogP contribution in [0.5, 0.6) is 11.5 Å². The zero-order valence-corrected chi connectivity index (χ0v) is 27.9. The number of sulfonamides is 1. The van der Waals surface area contributed by atoms with Crippen molar-refractivity contribution in [3.63, 3.8) is 0 Å². The largest absolute Gasteiger partial charge is 0.573 e. The highest BCUT2D eigenvalue weighted by Crippen LogP contribution is 2.33. The SMILES string of the molecule is Cc1ccc(S(=O)(=O)N(CC(=O)N(Cc2ccc(C3CCCCC3)cc2)c2ccc(CO)c(O)c2)Cc2ccc(OC(F)(F)F)cc2)cc1. The fourth-order valence-electron chi connectivity index (χ4n) is 6.01. The molecule has 2 N–H and O–H groups in total. The molecule has 0 heterocycles. The zero-order chi connectivity index (χ0) is 35.2. The first-order valence-corrected chi connectivity index (χ1v) is 17.5. The number of nitrogens with zero attached hydrogens (tertiary/aromatic N) is 2. The highest BCUT2D eigenvalue weighted by molar-refractivity contribution is 7.89. The number of anilines is 1. The third kappa shape index (κ3) is 9.40. The second-order valence-electron chi connectivity index (χ2n) is 12.3. The highest BCUT2D eigenvalue weighted by Gasteiger charge is 2.32. The van der Waals surface area contributed by atoms with E-state index < -0.39 is 41.2 Å². The van der Waals surface area contributed by atoms with Crippen LogP contribution in [0.2, 0.25) is 0 Å². The monoisotopic (exact) mass is 696 g/mol. The first-order chi connectivity index (χ1) is 23.3. The summed E-state index contributed by atoms with van der Waals surface area (Å²) in [5.74, 6) is -0.818. The predicted molar refractivity (Wildman–Crippen MR) is 179 cm³/mol. The maximum atomic E-state index is 14.2. The fourth-order valence-corrected chi connectivity index (χ4v) is 7.39. The van der Waals surface area contributed by atoms with Crippen LogP contribution >= 0.6 is 0 Å². The Balaban J connectivity index is 1.47. The van der Waals surface area contributed by atoms with Gasteiger partial charge in [0.2, 0.25) is 15.9 Å². The van der Waals surface area contributed by atoms with Crippen LogP contribution in [0.4, 0.5) is 18.9 Å². The molecule has 1 saturated carbocycles. The minimum absolute atomic E-state index is 0.0577. The minimum atomic E-state index is -4.89. The topological polar surface area (TPSA) is 107 Å². The van der Waals surface area contributed by atoms with Crippen LogP contribution in [0.25, 0.3) is 0 Å². The van der Waals surface area contributed by atoms with E-state index in [0.29, 0.717) is 11.5 Å². The number of aliphatic hydroxyl groups excluding tert-OH is 1. The maximum Gasteiger partial charge on any atom is 0.573 e. The van der Waals surface area contributed by atoms with Gasteiger partial charge in [0, 0.05) is 23.9 Å². The van der Waals surface area contributed by atoms with Crippen LogP contribution in [0.1, 0.15) is 65.8 Å². The van der Waals surface area contributed by atoms with Crippen LogP contribution < -0.4 is 9.64 Å². The molecule has 1 aliphatic carbocycles. The van der Waals surface area contributed by atoms with E-state index in [2.05, 4.69) is 16.9 Å². The van der Waals surface area contributed by atoms with E-state index in [1.807, 2.05) is 12.1 Å². The van der Waals surface area contributed by atoms with Crippen LogP contribution in [0.15, 0.2) is 95.9 Å². The average molecular weight is 697 g/mol. The first kappa shape index (κ1) is 35.9. The summed E-state index contributed by atoms with van der Waals surface area (Å²) in [6.07, 6.45) is 0.985. The number of ether oxygens (including phenoxy) is 1. The van der Waals surface area contributed by atoms with Crippen molar-refractivity contribution in [2.24, 2.45) is 0 Å². The maximum absolute atomic E-state index is 14.2. The second-order valence-corrected chi connectivity index (χ2v) is 14.2. The molecular formula is C37H39F3N2O6S. The first-order valence-electron chi connectivity index (χ1n) is 16.1. The summed E-state index contributed by atoms with van der Waals surface area (Å²) in [6.45, 7) is 0.494. The number of rotatable bonds is 12. The summed E-state index contributed by atoms with van der Waals surface area (Å²) in [5.41, 5.74) is 3.72. The smallest absolute Gasteiger partial charge is 0.508 e. The summed E-state index contributed by atoms with van der Waals surface area (Å²) >= 11 is 0. The molecule has 1 amide bonds. The van der Waals surface area contributed by atoms with E-state index >= 15 is 0 Å². The summed E-state index contributed by atoms with van der Waals surface area (Å²) in [4.78, 5) is 15.5.